The molecule has 0 saturated carbocycles. The monoisotopic (exact) mass is 261 g/mol. The maximum atomic E-state index is 5.72. The fourth-order valence-corrected chi connectivity index (χ4v) is 3.38. The summed E-state index contributed by atoms with van der Waals surface area (Å²) in [6.45, 7) is 7.67. The number of hydrogen-bond donors (Lipinski definition) is 1. The van der Waals surface area contributed by atoms with Gasteiger partial charge in [0.1, 0.15) is 0 Å². The number of likely N-dealkylation sites (N-methyl/N-ethyl adjacent to an activating group) is 1. The minimum absolute atomic E-state index is 0.299. The van der Waals surface area contributed by atoms with Crippen LogP contribution in [-0.4, -0.2) is 25.8 Å². The van der Waals surface area contributed by atoms with Gasteiger partial charge in [-0.25, -0.2) is 0 Å². The number of methoxy groups -OCH3 is 1. The first-order chi connectivity index (χ1) is 9.17. The van der Waals surface area contributed by atoms with Gasteiger partial charge in [0.15, 0.2) is 0 Å². The van der Waals surface area contributed by atoms with Gasteiger partial charge in [-0.1, -0.05) is 45.0 Å². The molecular weight excluding hydrogens is 234 g/mol. The van der Waals surface area contributed by atoms with Crippen LogP contribution in [0.2, 0.25) is 0 Å². The molecule has 2 heteroatoms. The van der Waals surface area contributed by atoms with Crippen molar-refractivity contribution in [2.45, 2.75) is 51.7 Å². The lowest BCUT2D eigenvalue weighted by Crippen LogP contribution is -2.45. The summed E-state index contributed by atoms with van der Waals surface area (Å²) >= 11 is 0. The molecule has 2 nitrogen and oxygen atoms in total. The van der Waals surface area contributed by atoms with Gasteiger partial charge in [0.05, 0.1) is 6.10 Å². The lowest BCUT2D eigenvalue weighted by atomic mass is 9.73. The highest BCUT2D eigenvalue weighted by atomic mass is 16.5. The Morgan fingerprint density at radius 1 is 1.32 bits per heavy atom. The van der Waals surface area contributed by atoms with Crippen LogP contribution >= 0.6 is 0 Å². The number of nitrogens with one attached hydrogen (secondary N) is 1. The molecular formula is C17H27NO. The van der Waals surface area contributed by atoms with E-state index < -0.39 is 0 Å². The Bertz CT molecular complexity index is 402. The largest absolute Gasteiger partial charge is 0.380 e. The fourth-order valence-electron chi connectivity index (χ4n) is 3.38. The third-order valence-electron chi connectivity index (χ3n) is 4.29. The molecule has 2 rings (SSSR count). The molecule has 0 radical (unpaired) electrons. The van der Waals surface area contributed by atoms with E-state index in [2.05, 4.69) is 50.4 Å². The predicted octanol–water partition coefficient (Wildman–Crippen LogP) is 3.37. The standard InChI is InChI=1S/C17H27NO/c1-5-18-16(17(19-4)12(2)3)11-14-10-13-8-6-7-9-15(13)14/h6-9,12,14,16-18H,5,10-11H2,1-4H3. The Balaban J connectivity index is 2.02. The molecule has 1 aromatic carbocycles. The van der Waals surface area contributed by atoms with Gasteiger partial charge in [-0.15, -0.1) is 0 Å². The number of ether oxygens (including phenoxy) is 1. The lowest BCUT2D eigenvalue weighted by molar-refractivity contribution is 0.0284. The van der Waals surface area contributed by atoms with E-state index in [1.54, 1.807) is 5.56 Å². The number of rotatable bonds is 7. The summed E-state index contributed by atoms with van der Waals surface area (Å²) < 4.78 is 5.72. The Kier molecular flexibility index (Phi) is 5.00. The maximum absolute atomic E-state index is 5.72. The molecule has 1 aromatic rings. The van der Waals surface area contributed by atoms with E-state index in [-0.39, 0.29) is 0 Å². The van der Waals surface area contributed by atoms with Gasteiger partial charge in [-0.05, 0) is 42.3 Å². The Morgan fingerprint density at radius 2 is 2.05 bits per heavy atom. The van der Waals surface area contributed by atoms with Gasteiger partial charge in [0, 0.05) is 13.2 Å². The van der Waals surface area contributed by atoms with Crippen molar-refractivity contribution < 1.29 is 4.74 Å². The quantitative estimate of drug-likeness (QED) is 0.812. The molecule has 0 aliphatic heterocycles. The highest BCUT2D eigenvalue weighted by Crippen LogP contribution is 2.38. The van der Waals surface area contributed by atoms with Gasteiger partial charge in [0.25, 0.3) is 0 Å². The second kappa shape index (κ2) is 6.53. The molecule has 106 valence electrons. The van der Waals surface area contributed by atoms with Crippen molar-refractivity contribution in [1.29, 1.82) is 0 Å². The Morgan fingerprint density at radius 3 is 2.63 bits per heavy atom. The topological polar surface area (TPSA) is 21.3 Å². The van der Waals surface area contributed by atoms with E-state index in [4.69, 9.17) is 4.74 Å². The van der Waals surface area contributed by atoms with Crippen molar-refractivity contribution in [3.63, 3.8) is 0 Å². The van der Waals surface area contributed by atoms with Crippen LogP contribution < -0.4 is 5.32 Å². The first-order valence-corrected chi connectivity index (χ1v) is 7.51. The normalized spacial score (nSPS) is 20.8. The summed E-state index contributed by atoms with van der Waals surface area (Å²) in [5.74, 6) is 1.25. The molecule has 1 aliphatic carbocycles. The zero-order chi connectivity index (χ0) is 13.8. The van der Waals surface area contributed by atoms with Crippen LogP contribution in [0.1, 0.15) is 44.2 Å². The molecule has 19 heavy (non-hydrogen) atoms. The smallest absolute Gasteiger partial charge is 0.0747 e. The van der Waals surface area contributed by atoms with E-state index in [0.29, 0.717) is 24.0 Å². The van der Waals surface area contributed by atoms with Crippen molar-refractivity contribution in [3.05, 3.63) is 35.4 Å². The molecule has 0 aromatic heterocycles. The minimum atomic E-state index is 0.299. The summed E-state index contributed by atoms with van der Waals surface area (Å²) in [5.41, 5.74) is 3.07. The molecule has 0 fully saturated rings. The number of fused-ring (bicyclic) bond motifs is 1. The molecule has 0 bridgehead atoms. The third kappa shape index (κ3) is 3.18. The Labute approximate surface area is 117 Å². The van der Waals surface area contributed by atoms with Crippen molar-refractivity contribution in [2.75, 3.05) is 13.7 Å². The molecule has 0 amide bonds. The highest BCUT2D eigenvalue weighted by molar-refractivity contribution is 5.40. The summed E-state index contributed by atoms with van der Waals surface area (Å²) in [4.78, 5) is 0. The average Bonchev–Trinajstić information content (AvgIpc) is 2.36. The van der Waals surface area contributed by atoms with Crippen LogP contribution in [0.15, 0.2) is 24.3 Å². The van der Waals surface area contributed by atoms with E-state index in [1.165, 1.54) is 18.4 Å². The third-order valence-corrected chi connectivity index (χ3v) is 4.29. The molecule has 1 aliphatic rings. The van der Waals surface area contributed by atoms with E-state index in [0.717, 1.165) is 6.54 Å². The SMILES string of the molecule is CCNC(CC1Cc2ccccc21)C(OC)C(C)C. The first kappa shape index (κ1) is 14.5. The van der Waals surface area contributed by atoms with E-state index in [1.807, 2.05) is 7.11 Å². The summed E-state index contributed by atoms with van der Waals surface area (Å²) in [7, 11) is 1.84. The van der Waals surface area contributed by atoms with Crippen molar-refractivity contribution in [3.8, 4) is 0 Å². The van der Waals surface area contributed by atoms with Crippen LogP contribution in [0.5, 0.6) is 0 Å². The molecule has 0 heterocycles. The van der Waals surface area contributed by atoms with Crippen LogP contribution in [0.4, 0.5) is 0 Å². The van der Waals surface area contributed by atoms with Crippen LogP contribution in [0.25, 0.3) is 0 Å². The lowest BCUT2D eigenvalue weighted by Gasteiger charge is -2.37. The van der Waals surface area contributed by atoms with Crippen molar-refractivity contribution >= 4 is 0 Å². The zero-order valence-corrected chi connectivity index (χ0v) is 12.6. The highest BCUT2D eigenvalue weighted by Gasteiger charge is 2.32. The fraction of sp³-hybridized carbons (Fsp3) is 0.647. The number of benzene rings is 1. The summed E-state index contributed by atoms with van der Waals surface area (Å²) in [6, 6.07) is 9.29. The van der Waals surface area contributed by atoms with Gasteiger partial charge >= 0.3 is 0 Å². The Hall–Kier alpha value is -0.860. The molecule has 1 N–H and O–H groups in total. The second-order valence-corrected chi connectivity index (χ2v) is 5.94. The summed E-state index contributed by atoms with van der Waals surface area (Å²) in [5, 5.41) is 3.62. The van der Waals surface area contributed by atoms with Crippen LogP contribution in [0, 0.1) is 5.92 Å². The average molecular weight is 261 g/mol. The number of hydrogen-bond acceptors (Lipinski definition) is 2. The van der Waals surface area contributed by atoms with E-state index >= 15 is 0 Å². The van der Waals surface area contributed by atoms with Gasteiger partial charge in [-0.2, -0.15) is 0 Å². The van der Waals surface area contributed by atoms with Gasteiger partial charge in [0.2, 0.25) is 0 Å². The van der Waals surface area contributed by atoms with Crippen LogP contribution in [-0.2, 0) is 11.2 Å². The molecule has 3 atom stereocenters. The first-order valence-electron chi connectivity index (χ1n) is 7.51. The molecule has 0 spiro atoms. The second-order valence-electron chi connectivity index (χ2n) is 5.94. The molecule has 0 saturated heterocycles. The summed E-state index contributed by atoms with van der Waals surface area (Å²) in [6.07, 6.45) is 2.71. The van der Waals surface area contributed by atoms with Crippen molar-refractivity contribution in [1.82, 2.24) is 5.32 Å². The molecule has 3 unspecified atom stereocenters. The zero-order valence-electron chi connectivity index (χ0n) is 12.6. The van der Waals surface area contributed by atoms with Gasteiger partial charge in [-0.3, -0.25) is 0 Å². The van der Waals surface area contributed by atoms with E-state index in [9.17, 15) is 0 Å². The van der Waals surface area contributed by atoms with Crippen molar-refractivity contribution in [2.24, 2.45) is 5.92 Å². The minimum Gasteiger partial charge on any atom is -0.380 e. The van der Waals surface area contributed by atoms with Crippen LogP contribution in [0.3, 0.4) is 0 Å². The van der Waals surface area contributed by atoms with Gasteiger partial charge < -0.3 is 10.1 Å². The predicted molar refractivity (Wildman–Crippen MR) is 80.6 cm³/mol. The maximum Gasteiger partial charge on any atom is 0.0747 e.